The maximum Gasteiger partial charge on any atom is 0.0589 e. The summed E-state index contributed by atoms with van der Waals surface area (Å²) < 4.78 is 5.21. The van der Waals surface area contributed by atoms with E-state index in [-0.39, 0.29) is 0 Å². The van der Waals surface area contributed by atoms with Crippen molar-refractivity contribution in [2.24, 2.45) is 0 Å². The van der Waals surface area contributed by atoms with Gasteiger partial charge in [-0.25, -0.2) is 0 Å². The number of likely N-dealkylation sites (tertiary alicyclic amines) is 1. The van der Waals surface area contributed by atoms with E-state index < -0.39 is 0 Å². The zero-order chi connectivity index (χ0) is 11.7. The lowest BCUT2D eigenvalue weighted by atomic mass is 9.79. The van der Waals surface area contributed by atoms with E-state index in [9.17, 15) is 0 Å². The minimum Gasteiger partial charge on any atom is -0.383 e. The summed E-state index contributed by atoms with van der Waals surface area (Å²) in [6, 6.07) is 9.78. The lowest BCUT2D eigenvalue weighted by Crippen LogP contribution is -2.37. The molecule has 1 saturated heterocycles. The van der Waals surface area contributed by atoms with E-state index in [1.165, 1.54) is 25.8 Å². The molecular formula is C15H21NO. The number of fused-ring (bicyclic) bond motifs is 3. The molecule has 2 nitrogen and oxygen atoms in total. The van der Waals surface area contributed by atoms with Crippen LogP contribution < -0.4 is 0 Å². The third-order valence-electron chi connectivity index (χ3n) is 4.41. The van der Waals surface area contributed by atoms with E-state index in [0.29, 0.717) is 0 Å². The second-order valence-electron chi connectivity index (χ2n) is 5.23. The first-order valence-corrected chi connectivity index (χ1v) is 6.71. The van der Waals surface area contributed by atoms with Gasteiger partial charge in [-0.2, -0.15) is 0 Å². The second-order valence-corrected chi connectivity index (χ2v) is 5.23. The summed E-state index contributed by atoms with van der Waals surface area (Å²) in [5, 5.41) is 0. The van der Waals surface area contributed by atoms with Crippen LogP contribution in [0.15, 0.2) is 24.3 Å². The van der Waals surface area contributed by atoms with Gasteiger partial charge in [0.15, 0.2) is 0 Å². The van der Waals surface area contributed by atoms with Crippen molar-refractivity contribution in [3.8, 4) is 0 Å². The third kappa shape index (κ3) is 2.00. The minimum atomic E-state index is 0.764. The molecule has 3 rings (SSSR count). The molecule has 0 radical (unpaired) electrons. The molecule has 2 aliphatic rings. The third-order valence-corrected chi connectivity index (χ3v) is 4.41. The van der Waals surface area contributed by atoms with Crippen molar-refractivity contribution in [1.29, 1.82) is 0 Å². The summed E-state index contributed by atoms with van der Waals surface area (Å²) in [5.41, 5.74) is 3.20. The van der Waals surface area contributed by atoms with Gasteiger partial charge in [0.05, 0.1) is 6.61 Å². The Morgan fingerprint density at radius 1 is 1.29 bits per heavy atom. The first-order valence-electron chi connectivity index (χ1n) is 6.71. The Balaban J connectivity index is 1.79. The average molecular weight is 231 g/mol. The molecule has 0 amide bonds. The average Bonchev–Trinajstić information content (AvgIpc) is 2.80. The van der Waals surface area contributed by atoms with Crippen molar-refractivity contribution in [3.63, 3.8) is 0 Å². The molecule has 1 fully saturated rings. The molecule has 92 valence electrons. The lowest BCUT2D eigenvalue weighted by molar-refractivity contribution is 0.134. The number of methoxy groups -OCH3 is 1. The van der Waals surface area contributed by atoms with Crippen LogP contribution in [0.25, 0.3) is 0 Å². The van der Waals surface area contributed by atoms with Gasteiger partial charge in [0, 0.05) is 25.6 Å². The van der Waals surface area contributed by atoms with Crippen LogP contribution in [0.2, 0.25) is 0 Å². The number of ether oxygens (including phenoxy) is 1. The van der Waals surface area contributed by atoms with Crippen molar-refractivity contribution < 1.29 is 4.74 Å². The van der Waals surface area contributed by atoms with E-state index in [4.69, 9.17) is 4.74 Å². The Hall–Kier alpha value is -0.860. The molecule has 17 heavy (non-hydrogen) atoms. The molecule has 1 aliphatic carbocycles. The number of hydrogen-bond donors (Lipinski definition) is 0. The Bertz CT molecular complexity index is 390. The normalized spacial score (nSPS) is 27.8. The SMILES string of the molecule is COCCN1CC[C@H]2c3ccccc3CC[C@H]21. The summed E-state index contributed by atoms with van der Waals surface area (Å²) >= 11 is 0. The molecule has 0 spiro atoms. The van der Waals surface area contributed by atoms with Crippen LogP contribution in [-0.4, -0.2) is 37.7 Å². The molecule has 0 aromatic heterocycles. The molecule has 1 aliphatic heterocycles. The molecule has 0 bridgehead atoms. The van der Waals surface area contributed by atoms with Crippen molar-refractivity contribution in [1.82, 2.24) is 4.90 Å². The molecule has 2 heteroatoms. The standard InChI is InChI=1S/C15H21NO/c1-17-11-10-16-9-8-14-13-5-3-2-4-12(13)6-7-15(14)16/h2-5,14-15H,6-11H2,1H3/t14-,15+/m0/s1. The predicted octanol–water partition coefficient (Wildman–Crippen LogP) is 2.44. The largest absolute Gasteiger partial charge is 0.383 e. The van der Waals surface area contributed by atoms with Crippen molar-refractivity contribution in [2.75, 3.05) is 26.8 Å². The smallest absolute Gasteiger partial charge is 0.0589 e. The van der Waals surface area contributed by atoms with Crippen molar-refractivity contribution in [2.45, 2.75) is 31.2 Å². The van der Waals surface area contributed by atoms with Crippen LogP contribution in [0.5, 0.6) is 0 Å². The summed E-state index contributed by atoms with van der Waals surface area (Å²) in [5.74, 6) is 0.775. The van der Waals surface area contributed by atoms with Crippen molar-refractivity contribution in [3.05, 3.63) is 35.4 Å². The van der Waals surface area contributed by atoms with E-state index in [1.54, 1.807) is 18.2 Å². The van der Waals surface area contributed by atoms with Gasteiger partial charge < -0.3 is 4.74 Å². The van der Waals surface area contributed by atoms with Gasteiger partial charge in [-0.1, -0.05) is 24.3 Å². The fourth-order valence-corrected chi connectivity index (χ4v) is 3.58. The van der Waals surface area contributed by atoms with Gasteiger partial charge in [0.2, 0.25) is 0 Å². The number of aryl methyl sites for hydroxylation is 1. The topological polar surface area (TPSA) is 12.5 Å². The minimum absolute atomic E-state index is 0.764. The Morgan fingerprint density at radius 3 is 3.06 bits per heavy atom. The Kier molecular flexibility index (Phi) is 3.17. The highest BCUT2D eigenvalue weighted by Gasteiger charge is 2.37. The number of rotatable bonds is 3. The van der Waals surface area contributed by atoms with Crippen LogP contribution >= 0.6 is 0 Å². The highest BCUT2D eigenvalue weighted by molar-refractivity contribution is 5.35. The summed E-state index contributed by atoms with van der Waals surface area (Å²) in [4.78, 5) is 2.63. The molecule has 0 unspecified atom stereocenters. The van der Waals surface area contributed by atoms with Crippen LogP contribution in [0.3, 0.4) is 0 Å². The first-order chi connectivity index (χ1) is 8.40. The van der Waals surface area contributed by atoms with Gasteiger partial charge in [-0.15, -0.1) is 0 Å². The zero-order valence-corrected chi connectivity index (χ0v) is 10.6. The lowest BCUT2D eigenvalue weighted by Gasteiger charge is -2.33. The highest BCUT2D eigenvalue weighted by atomic mass is 16.5. The molecular weight excluding hydrogens is 210 g/mol. The molecule has 0 saturated carbocycles. The number of hydrogen-bond acceptors (Lipinski definition) is 2. The quantitative estimate of drug-likeness (QED) is 0.792. The van der Waals surface area contributed by atoms with Gasteiger partial charge in [0.25, 0.3) is 0 Å². The number of nitrogens with zero attached hydrogens (tertiary/aromatic N) is 1. The predicted molar refractivity (Wildman–Crippen MR) is 69.4 cm³/mol. The van der Waals surface area contributed by atoms with E-state index in [2.05, 4.69) is 29.2 Å². The first kappa shape index (κ1) is 11.2. The second kappa shape index (κ2) is 4.79. The van der Waals surface area contributed by atoms with E-state index in [0.717, 1.165) is 25.1 Å². The molecule has 2 atom stereocenters. The fraction of sp³-hybridized carbons (Fsp3) is 0.600. The molecule has 0 N–H and O–H groups in total. The van der Waals surface area contributed by atoms with Crippen LogP contribution in [-0.2, 0) is 11.2 Å². The Labute approximate surface area is 104 Å². The van der Waals surface area contributed by atoms with Gasteiger partial charge in [0.1, 0.15) is 0 Å². The Morgan fingerprint density at radius 2 is 2.18 bits per heavy atom. The summed E-state index contributed by atoms with van der Waals surface area (Å²) in [7, 11) is 1.80. The zero-order valence-electron chi connectivity index (χ0n) is 10.6. The molecule has 1 aromatic carbocycles. The molecule has 1 aromatic rings. The van der Waals surface area contributed by atoms with Crippen LogP contribution in [0.4, 0.5) is 0 Å². The summed E-state index contributed by atoms with van der Waals surface area (Å²) in [6.07, 6.45) is 3.90. The maximum absolute atomic E-state index is 5.21. The number of benzene rings is 1. The van der Waals surface area contributed by atoms with Gasteiger partial charge >= 0.3 is 0 Å². The van der Waals surface area contributed by atoms with Gasteiger partial charge in [-0.3, -0.25) is 4.90 Å². The van der Waals surface area contributed by atoms with Crippen LogP contribution in [0, 0.1) is 0 Å². The van der Waals surface area contributed by atoms with Crippen molar-refractivity contribution >= 4 is 0 Å². The van der Waals surface area contributed by atoms with E-state index >= 15 is 0 Å². The van der Waals surface area contributed by atoms with Crippen LogP contribution in [0.1, 0.15) is 29.9 Å². The fourth-order valence-electron chi connectivity index (χ4n) is 3.58. The molecule has 1 heterocycles. The van der Waals surface area contributed by atoms with Gasteiger partial charge in [-0.05, 0) is 36.9 Å². The summed E-state index contributed by atoms with van der Waals surface area (Å²) in [6.45, 7) is 3.21. The highest BCUT2D eigenvalue weighted by Crippen LogP contribution is 2.41. The monoisotopic (exact) mass is 231 g/mol. The maximum atomic E-state index is 5.21. The van der Waals surface area contributed by atoms with E-state index in [1.807, 2.05) is 0 Å².